The lowest BCUT2D eigenvalue weighted by Crippen LogP contribution is -3.13. The maximum atomic E-state index is 5.81. The molecule has 0 aliphatic carbocycles. The number of nitrogens with zero attached hydrogens (tertiary/aromatic N) is 1. The van der Waals surface area contributed by atoms with Crippen LogP contribution >= 0.6 is 0 Å². The van der Waals surface area contributed by atoms with Crippen LogP contribution in [0.15, 0.2) is 55.1 Å². The molecule has 132 valence electrons. The smallest absolute Gasteiger partial charge is 0.128 e. The molecule has 3 heteroatoms. The first-order chi connectivity index (χ1) is 12.2. The highest BCUT2D eigenvalue weighted by atomic mass is 16.5. The van der Waals surface area contributed by atoms with E-state index in [4.69, 9.17) is 4.74 Å². The van der Waals surface area contributed by atoms with Crippen LogP contribution in [0.25, 0.3) is 0 Å². The summed E-state index contributed by atoms with van der Waals surface area (Å²) in [6.45, 7) is 14.3. The van der Waals surface area contributed by atoms with E-state index >= 15 is 0 Å². The second-order valence-corrected chi connectivity index (χ2v) is 6.84. The highest BCUT2D eigenvalue weighted by molar-refractivity contribution is 5.56. The Balaban J connectivity index is 1.62. The maximum Gasteiger partial charge on any atom is 0.128 e. The number of para-hydroxylation sites is 1. The quantitative estimate of drug-likeness (QED) is 0.817. The number of rotatable bonds is 6. The molecule has 1 N–H and O–H groups in total. The van der Waals surface area contributed by atoms with Gasteiger partial charge in [-0.3, -0.25) is 0 Å². The number of anilines is 1. The monoisotopic (exact) mass is 337 g/mol. The fraction of sp³-hybridized carbons (Fsp3) is 0.364. The Kier molecular flexibility index (Phi) is 5.77. The molecule has 0 unspecified atom stereocenters. The molecule has 2 aromatic rings. The number of nitrogens with one attached hydrogen (secondary N) is 1. The number of benzene rings is 2. The minimum Gasteiger partial charge on any atom is -0.489 e. The van der Waals surface area contributed by atoms with E-state index in [1.807, 2.05) is 6.07 Å². The number of aryl methyl sites for hydroxylation is 1. The zero-order chi connectivity index (χ0) is 17.6. The largest absolute Gasteiger partial charge is 0.489 e. The molecule has 1 saturated heterocycles. The fourth-order valence-electron chi connectivity index (χ4n) is 3.53. The molecule has 1 aliphatic rings. The molecule has 0 aromatic heterocycles. The Bertz CT molecular complexity index is 718. The number of piperazine rings is 1. The van der Waals surface area contributed by atoms with Gasteiger partial charge in [-0.1, -0.05) is 36.9 Å². The van der Waals surface area contributed by atoms with Gasteiger partial charge in [0.1, 0.15) is 18.9 Å². The van der Waals surface area contributed by atoms with E-state index in [0.717, 1.165) is 38.5 Å². The minimum atomic E-state index is 0.562. The third kappa shape index (κ3) is 4.23. The molecular weight excluding hydrogens is 308 g/mol. The third-order valence-electron chi connectivity index (χ3n) is 5.16. The molecular formula is C22H29N2O+. The summed E-state index contributed by atoms with van der Waals surface area (Å²) in [5.41, 5.74) is 5.47. The number of hydrogen-bond acceptors (Lipinski definition) is 2. The molecule has 1 aliphatic heterocycles. The van der Waals surface area contributed by atoms with Gasteiger partial charge >= 0.3 is 0 Å². The molecule has 1 fully saturated rings. The average molecular weight is 337 g/mol. The van der Waals surface area contributed by atoms with Gasteiger partial charge in [-0.2, -0.15) is 0 Å². The summed E-state index contributed by atoms with van der Waals surface area (Å²) in [5, 5.41) is 0. The molecule has 3 rings (SSSR count). The highest BCUT2D eigenvalue weighted by Gasteiger charge is 2.22. The van der Waals surface area contributed by atoms with Gasteiger partial charge in [0.2, 0.25) is 0 Å². The standard InChI is InChI=1S/C22H28N2O/c1-4-16-25-22-11-6-5-9-20(22)17-23-12-14-24(15-13-23)21-10-7-8-18(2)19(21)3/h4-11H,1,12-17H2,2-3H3/p+1. The first-order valence-electron chi connectivity index (χ1n) is 9.15. The molecule has 0 atom stereocenters. The van der Waals surface area contributed by atoms with Crippen LogP contribution in [0.4, 0.5) is 5.69 Å². The molecule has 2 aromatic carbocycles. The predicted molar refractivity (Wildman–Crippen MR) is 105 cm³/mol. The lowest BCUT2D eigenvalue weighted by Gasteiger charge is -2.35. The molecule has 0 radical (unpaired) electrons. The van der Waals surface area contributed by atoms with E-state index < -0.39 is 0 Å². The topological polar surface area (TPSA) is 16.9 Å². The van der Waals surface area contributed by atoms with E-state index in [0.29, 0.717) is 6.61 Å². The van der Waals surface area contributed by atoms with Crippen LogP contribution in [-0.4, -0.2) is 32.8 Å². The molecule has 0 saturated carbocycles. The average Bonchev–Trinajstić information content (AvgIpc) is 2.64. The van der Waals surface area contributed by atoms with Gasteiger partial charge in [-0.25, -0.2) is 0 Å². The van der Waals surface area contributed by atoms with Crippen molar-refractivity contribution in [1.29, 1.82) is 0 Å². The lowest BCUT2D eigenvalue weighted by atomic mass is 10.1. The van der Waals surface area contributed by atoms with Gasteiger partial charge in [-0.15, -0.1) is 0 Å². The van der Waals surface area contributed by atoms with E-state index in [-0.39, 0.29) is 0 Å². The van der Waals surface area contributed by atoms with Crippen LogP contribution in [0.2, 0.25) is 0 Å². The minimum absolute atomic E-state index is 0.562. The van der Waals surface area contributed by atoms with Gasteiger partial charge < -0.3 is 14.5 Å². The van der Waals surface area contributed by atoms with Crippen molar-refractivity contribution in [2.75, 3.05) is 37.7 Å². The summed E-state index contributed by atoms with van der Waals surface area (Å²) in [4.78, 5) is 4.16. The Morgan fingerprint density at radius 1 is 1.08 bits per heavy atom. The van der Waals surface area contributed by atoms with Crippen LogP contribution in [0.5, 0.6) is 5.75 Å². The van der Waals surface area contributed by atoms with Gasteiger partial charge in [0.25, 0.3) is 0 Å². The number of quaternary nitrogens is 1. The maximum absolute atomic E-state index is 5.81. The van der Waals surface area contributed by atoms with Crippen molar-refractivity contribution in [2.45, 2.75) is 20.4 Å². The van der Waals surface area contributed by atoms with Crippen molar-refractivity contribution in [3.63, 3.8) is 0 Å². The van der Waals surface area contributed by atoms with E-state index in [9.17, 15) is 0 Å². The van der Waals surface area contributed by atoms with Crippen LogP contribution in [-0.2, 0) is 6.54 Å². The summed E-state index contributed by atoms with van der Waals surface area (Å²) in [5.74, 6) is 0.992. The van der Waals surface area contributed by atoms with Crippen molar-refractivity contribution in [2.24, 2.45) is 0 Å². The van der Waals surface area contributed by atoms with Gasteiger partial charge in [0, 0.05) is 11.3 Å². The fourth-order valence-corrected chi connectivity index (χ4v) is 3.53. The van der Waals surface area contributed by atoms with Gasteiger partial charge in [-0.05, 0) is 43.2 Å². The number of ether oxygens (including phenoxy) is 1. The Morgan fingerprint density at radius 2 is 1.84 bits per heavy atom. The predicted octanol–water partition coefficient (Wildman–Crippen LogP) is 2.77. The van der Waals surface area contributed by atoms with Crippen LogP contribution in [0, 0.1) is 13.8 Å². The van der Waals surface area contributed by atoms with Gasteiger partial charge in [0.15, 0.2) is 0 Å². The van der Waals surface area contributed by atoms with Crippen molar-refractivity contribution < 1.29 is 9.64 Å². The zero-order valence-corrected chi connectivity index (χ0v) is 15.4. The Labute approximate surface area is 151 Å². The van der Waals surface area contributed by atoms with Crippen LogP contribution in [0.3, 0.4) is 0 Å². The molecule has 0 spiro atoms. The molecule has 0 amide bonds. The van der Waals surface area contributed by atoms with E-state index in [1.165, 1.54) is 22.4 Å². The van der Waals surface area contributed by atoms with E-state index in [1.54, 1.807) is 11.0 Å². The zero-order valence-electron chi connectivity index (χ0n) is 15.4. The second-order valence-electron chi connectivity index (χ2n) is 6.84. The first kappa shape index (κ1) is 17.6. The summed E-state index contributed by atoms with van der Waals surface area (Å²) >= 11 is 0. The second kappa shape index (κ2) is 8.21. The van der Waals surface area contributed by atoms with Crippen molar-refractivity contribution in [3.05, 3.63) is 71.8 Å². The summed E-state index contributed by atoms with van der Waals surface area (Å²) in [6.07, 6.45) is 1.80. The lowest BCUT2D eigenvalue weighted by molar-refractivity contribution is -0.914. The van der Waals surface area contributed by atoms with E-state index in [2.05, 4.69) is 61.7 Å². The highest BCUT2D eigenvalue weighted by Crippen LogP contribution is 2.22. The van der Waals surface area contributed by atoms with Crippen molar-refractivity contribution >= 4 is 5.69 Å². The molecule has 25 heavy (non-hydrogen) atoms. The number of hydrogen-bond donors (Lipinski definition) is 1. The summed E-state index contributed by atoms with van der Waals surface area (Å²) in [6, 6.07) is 15.0. The third-order valence-corrected chi connectivity index (χ3v) is 5.16. The van der Waals surface area contributed by atoms with Crippen molar-refractivity contribution in [3.8, 4) is 5.75 Å². The van der Waals surface area contributed by atoms with Crippen molar-refractivity contribution in [1.82, 2.24) is 0 Å². The summed E-state index contributed by atoms with van der Waals surface area (Å²) < 4.78 is 5.81. The SMILES string of the molecule is C=CCOc1ccccc1C[NH+]1CCN(c2cccc(C)c2C)CC1. The summed E-state index contributed by atoms with van der Waals surface area (Å²) in [7, 11) is 0. The first-order valence-corrected chi connectivity index (χ1v) is 9.15. The Morgan fingerprint density at radius 3 is 2.60 bits per heavy atom. The van der Waals surface area contributed by atoms with Gasteiger partial charge in [0.05, 0.1) is 26.2 Å². The normalized spacial score (nSPS) is 15.2. The molecule has 0 bridgehead atoms. The Hall–Kier alpha value is -2.26. The van der Waals surface area contributed by atoms with Crippen LogP contribution in [0.1, 0.15) is 16.7 Å². The molecule has 3 nitrogen and oxygen atoms in total. The van der Waals surface area contributed by atoms with Crippen LogP contribution < -0.4 is 14.5 Å². The molecule has 1 heterocycles.